The van der Waals surface area contributed by atoms with Crippen LogP contribution in [0.15, 0.2) is 36.9 Å². The van der Waals surface area contributed by atoms with Crippen molar-refractivity contribution >= 4 is 11.9 Å². The van der Waals surface area contributed by atoms with Crippen LogP contribution in [0, 0.1) is 0 Å². The summed E-state index contributed by atoms with van der Waals surface area (Å²) in [6, 6.07) is 6.13. The van der Waals surface area contributed by atoms with Crippen molar-refractivity contribution in [2.24, 2.45) is 0 Å². The molecular weight excluding hydrogens is 272 g/mol. The largest absolute Gasteiger partial charge is 0.480 e. The zero-order chi connectivity index (χ0) is 15.2. The maximum atomic E-state index is 12.2. The van der Waals surface area contributed by atoms with Gasteiger partial charge in [-0.2, -0.15) is 5.10 Å². The molecule has 7 nitrogen and oxygen atoms in total. The number of amides is 1. The maximum absolute atomic E-state index is 12.2. The lowest BCUT2D eigenvalue weighted by Gasteiger charge is -2.14. The SMILES string of the molecule is CCC(NC(=O)c1ccccc1Cn1cncn1)C(=O)O. The quantitative estimate of drug-likeness (QED) is 0.823. The molecule has 0 saturated carbocycles. The standard InChI is InChI=1S/C14H16N4O3/c1-2-12(14(20)21)17-13(19)11-6-4-3-5-10(11)7-18-9-15-8-16-18/h3-6,8-9,12H,2,7H2,1H3,(H,17,19)(H,20,21). The van der Waals surface area contributed by atoms with Gasteiger partial charge in [0.05, 0.1) is 6.54 Å². The average molecular weight is 288 g/mol. The first-order valence-corrected chi connectivity index (χ1v) is 6.55. The van der Waals surface area contributed by atoms with Crippen molar-refractivity contribution in [3.05, 3.63) is 48.0 Å². The maximum Gasteiger partial charge on any atom is 0.326 e. The van der Waals surface area contributed by atoms with Crippen LogP contribution in [-0.2, 0) is 11.3 Å². The fourth-order valence-corrected chi connectivity index (χ4v) is 1.94. The first-order chi connectivity index (χ1) is 10.1. The molecule has 0 aliphatic carbocycles. The van der Waals surface area contributed by atoms with Gasteiger partial charge in [-0.05, 0) is 18.1 Å². The van der Waals surface area contributed by atoms with E-state index in [0.29, 0.717) is 18.5 Å². The van der Waals surface area contributed by atoms with Crippen LogP contribution in [0.25, 0.3) is 0 Å². The first kappa shape index (κ1) is 14.7. The van der Waals surface area contributed by atoms with Gasteiger partial charge in [0.1, 0.15) is 18.7 Å². The predicted octanol–water partition coefficient (Wildman–Crippen LogP) is 0.919. The molecular formula is C14H16N4O3. The molecule has 1 atom stereocenters. The summed E-state index contributed by atoms with van der Waals surface area (Å²) in [4.78, 5) is 27.1. The summed E-state index contributed by atoms with van der Waals surface area (Å²) in [5.41, 5.74) is 1.19. The lowest BCUT2D eigenvalue weighted by Crippen LogP contribution is -2.40. The molecule has 0 fully saturated rings. The number of rotatable bonds is 6. The van der Waals surface area contributed by atoms with E-state index in [4.69, 9.17) is 5.11 Å². The molecule has 1 unspecified atom stereocenters. The van der Waals surface area contributed by atoms with E-state index in [1.165, 1.54) is 6.33 Å². The van der Waals surface area contributed by atoms with Crippen LogP contribution < -0.4 is 5.32 Å². The third kappa shape index (κ3) is 3.65. The van der Waals surface area contributed by atoms with Crippen molar-refractivity contribution in [2.45, 2.75) is 25.9 Å². The number of carbonyl (C=O) groups excluding carboxylic acids is 1. The average Bonchev–Trinajstić information content (AvgIpc) is 2.97. The predicted molar refractivity (Wildman–Crippen MR) is 74.7 cm³/mol. The van der Waals surface area contributed by atoms with Gasteiger partial charge in [-0.3, -0.25) is 4.79 Å². The molecule has 0 saturated heterocycles. The summed E-state index contributed by atoms with van der Waals surface area (Å²) in [7, 11) is 0. The van der Waals surface area contributed by atoms with Crippen molar-refractivity contribution in [2.75, 3.05) is 0 Å². The Morgan fingerprint density at radius 2 is 2.14 bits per heavy atom. The molecule has 0 bridgehead atoms. The minimum absolute atomic E-state index is 0.326. The van der Waals surface area contributed by atoms with Crippen LogP contribution in [0.1, 0.15) is 29.3 Å². The Bertz CT molecular complexity index is 625. The summed E-state index contributed by atoms with van der Waals surface area (Å²) in [6.07, 6.45) is 3.30. The molecule has 2 aromatic rings. The molecule has 7 heteroatoms. The number of hydrogen-bond acceptors (Lipinski definition) is 4. The Kier molecular flexibility index (Phi) is 4.65. The molecule has 2 N–H and O–H groups in total. The Labute approximate surface area is 121 Å². The number of carboxylic acids is 1. The van der Waals surface area contributed by atoms with E-state index in [0.717, 1.165) is 5.56 Å². The van der Waals surface area contributed by atoms with E-state index in [1.807, 2.05) is 6.07 Å². The number of carboxylic acid groups (broad SMARTS) is 1. The normalized spacial score (nSPS) is 11.9. The van der Waals surface area contributed by atoms with E-state index < -0.39 is 17.9 Å². The van der Waals surface area contributed by atoms with E-state index in [1.54, 1.807) is 36.1 Å². The van der Waals surface area contributed by atoms with Crippen LogP contribution in [0.4, 0.5) is 0 Å². The summed E-state index contributed by atoms with van der Waals surface area (Å²) in [5, 5.41) is 15.5. The smallest absolute Gasteiger partial charge is 0.326 e. The summed E-state index contributed by atoms with van der Waals surface area (Å²) in [6.45, 7) is 2.10. The van der Waals surface area contributed by atoms with Crippen LogP contribution in [0.2, 0.25) is 0 Å². The second-order valence-corrected chi connectivity index (χ2v) is 4.52. The molecule has 0 radical (unpaired) electrons. The minimum Gasteiger partial charge on any atom is -0.480 e. The third-order valence-corrected chi connectivity index (χ3v) is 3.07. The monoisotopic (exact) mass is 288 g/mol. The number of nitrogens with zero attached hydrogens (tertiary/aromatic N) is 3. The lowest BCUT2D eigenvalue weighted by atomic mass is 10.1. The summed E-state index contributed by atoms with van der Waals surface area (Å²) < 4.78 is 1.60. The van der Waals surface area contributed by atoms with Crippen molar-refractivity contribution in [1.29, 1.82) is 0 Å². The van der Waals surface area contributed by atoms with E-state index >= 15 is 0 Å². The Balaban J connectivity index is 2.19. The van der Waals surface area contributed by atoms with Gasteiger partial charge in [-0.15, -0.1) is 0 Å². The molecule has 0 aliphatic heterocycles. The number of hydrogen-bond donors (Lipinski definition) is 2. The van der Waals surface area contributed by atoms with Crippen molar-refractivity contribution in [3.8, 4) is 0 Å². The Morgan fingerprint density at radius 3 is 2.76 bits per heavy atom. The molecule has 21 heavy (non-hydrogen) atoms. The second-order valence-electron chi connectivity index (χ2n) is 4.52. The van der Waals surface area contributed by atoms with Gasteiger partial charge < -0.3 is 10.4 Å². The molecule has 1 amide bonds. The molecule has 1 aromatic carbocycles. The van der Waals surface area contributed by atoms with Crippen LogP contribution in [-0.4, -0.2) is 37.8 Å². The highest BCUT2D eigenvalue weighted by Crippen LogP contribution is 2.11. The number of carbonyl (C=O) groups is 2. The first-order valence-electron chi connectivity index (χ1n) is 6.55. The highest BCUT2D eigenvalue weighted by Gasteiger charge is 2.20. The third-order valence-electron chi connectivity index (χ3n) is 3.07. The number of benzene rings is 1. The van der Waals surface area contributed by atoms with E-state index in [2.05, 4.69) is 15.4 Å². The minimum atomic E-state index is -1.04. The van der Waals surface area contributed by atoms with Gasteiger partial charge in [-0.1, -0.05) is 25.1 Å². The fourth-order valence-electron chi connectivity index (χ4n) is 1.94. The zero-order valence-electron chi connectivity index (χ0n) is 11.6. The lowest BCUT2D eigenvalue weighted by molar-refractivity contribution is -0.139. The van der Waals surface area contributed by atoms with Crippen molar-refractivity contribution < 1.29 is 14.7 Å². The zero-order valence-corrected chi connectivity index (χ0v) is 11.6. The van der Waals surface area contributed by atoms with Gasteiger partial charge in [0, 0.05) is 5.56 Å². The summed E-state index contributed by atoms with van der Waals surface area (Å²) in [5.74, 6) is -1.44. The number of aliphatic carboxylic acids is 1. The molecule has 1 aromatic heterocycles. The van der Waals surface area contributed by atoms with Crippen molar-refractivity contribution in [3.63, 3.8) is 0 Å². The highest BCUT2D eigenvalue weighted by atomic mass is 16.4. The fraction of sp³-hybridized carbons (Fsp3) is 0.286. The van der Waals surface area contributed by atoms with Crippen LogP contribution >= 0.6 is 0 Å². The second kappa shape index (κ2) is 6.65. The van der Waals surface area contributed by atoms with Gasteiger partial charge >= 0.3 is 5.97 Å². The van der Waals surface area contributed by atoms with E-state index in [9.17, 15) is 9.59 Å². The van der Waals surface area contributed by atoms with E-state index in [-0.39, 0.29) is 0 Å². The van der Waals surface area contributed by atoms with Gasteiger partial charge in [-0.25, -0.2) is 14.5 Å². The highest BCUT2D eigenvalue weighted by molar-refractivity contribution is 5.97. The van der Waals surface area contributed by atoms with Crippen LogP contribution in [0.3, 0.4) is 0 Å². The molecule has 110 valence electrons. The molecule has 0 aliphatic rings. The topological polar surface area (TPSA) is 97.1 Å². The molecule has 2 rings (SSSR count). The van der Waals surface area contributed by atoms with Gasteiger partial charge in [0.15, 0.2) is 0 Å². The van der Waals surface area contributed by atoms with Crippen LogP contribution in [0.5, 0.6) is 0 Å². The molecule has 0 spiro atoms. The van der Waals surface area contributed by atoms with Gasteiger partial charge in [0.25, 0.3) is 5.91 Å². The van der Waals surface area contributed by atoms with Crippen molar-refractivity contribution in [1.82, 2.24) is 20.1 Å². The number of nitrogens with one attached hydrogen (secondary N) is 1. The number of aromatic nitrogens is 3. The summed E-state index contributed by atoms with van der Waals surface area (Å²) >= 11 is 0. The van der Waals surface area contributed by atoms with Gasteiger partial charge in [0.2, 0.25) is 0 Å². The Morgan fingerprint density at radius 1 is 1.38 bits per heavy atom. The molecule has 1 heterocycles. The Hall–Kier alpha value is -2.70.